The lowest BCUT2D eigenvalue weighted by Gasteiger charge is -2.35. The Morgan fingerprint density at radius 1 is 0.794 bits per heavy atom. The van der Waals surface area contributed by atoms with Gasteiger partial charge in [-0.05, 0) is 96.8 Å². The predicted octanol–water partition coefficient (Wildman–Crippen LogP) is 6.72. The molecule has 0 unspecified atom stereocenters. The molecule has 1 rings (SSSR count). The molecule has 15 atom stereocenters. The van der Waals surface area contributed by atoms with Crippen LogP contribution in [0.1, 0.15) is 113 Å². The molecule has 0 radical (unpaired) electrons. The van der Waals surface area contributed by atoms with Crippen LogP contribution in [0.25, 0.3) is 0 Å². The second-order valence-electron chi connectivity index (χ2n) is 20.0. The monoisotopic (exact) mass is 965 g/mol. The minimum atomic E-state index is -0.934. The van der Waals surface area contributed by atoms with Crippen LogP contribution in [0.2, 0.25) is 0 Å². The van der Waals surface area contributed by atoms with Gasteiger partial charge in [-0.15, -0.1) is 0 Å². The summed E-state index contributed by atoms with van der Waals surface area (Å²) >= 11 is 0. The van der Waals surface area contributed by atoms with E-state index in [0.29, 0.717) is 44.9 Å². The van der Waals surface area contributed by atoms with Crippen LogP contribution in [0.3, 0.4) is 0 Å². The van der Waals surface area contributed by atoms with Crippen LogP contribution in [0.5, 0.6) is 0 Å². The number of ether oxygens (including phenoxy) is 6. The average Bonchev–Trinajstić information content (AvgIpc) is 3.26. The van der Waals surface area contributed by atoms with Gasteiger partial charge >= 0.3 is 23.9 Å². The summed E-state index contributed by atoms with van der Waals surface area (Å²) in [6, 6.07) is 0. The molecule has 0 saturated carbocycles. The maximum absolute atomic E-state index is 13.5. The maximum atomic E-state index is 13.5. The minimum absolute atomic E-state index is 0.0536. The van der Waals surface area contributed by atoms with E-state index in [2.05, 4.69) is 19.1 Å². The number of carbonyl (C=O) groups is 4. The summed E-state index contributed by atoms with van der Waals surface area (Å²) in [7, 11) is 10.5. The highest BCUT2D eigenvalue weighted by Crippen LogP contribution is 2.31. The highest BCUT2D eigenvalue weighted by molar-refractivity contribution is 5.82. The number of carbonyl (C=O) groups excluding carboxylic acids is 4. The van der Waals surface area contributed by atoms with E-state index in [0.717, 1.165) is 12.8 Å². The second kappa shape index (κ2) is 34.0. The number of hydrogen-bond acceptors (Lipinski definition) is 15. The van der Waals surface area contributed by atoms with Gasteiger partial charge in [0, 0.05) is 64.4 Å². The van der Waals surface area contributed by atoms with Crippen molar-refractivity contribution >= 4 is 23.9 Å². The molecule has 0 aromatic carbocycles. The van der Waals surface area contributed by atoms with Gasteiger partial charge in [-0.25, -0.2) is 4.79 Å². The molecule has 1 heterocycles. The summed E-state index contributed by atoms with van der Waals surface area (Å²) in [6.45, 7) is 14.9. The summed E-state index contributed by atoms with van der Waals surface area (Å²) in [5.41, 5.74) is 0. The molecular weight excluding hydrogens is 873 g/mol. The van der Waals surface area contributed by atoms with Gasteiger partial charge in [0.2, 0.25) is 0 Å². The number of allylic oxidation sites excluding steroid dienone is 3. The molecule has 0 spiro atoms. The number of methoxy groups -OCH3 is 2. The molecule has 0 aromatic heterocycles. The number of rotatable bonds is 20. The van der Waals surface area contributed by atoms with E-state index in [-0.39, 0.29) is 61.5 Å². The van der Waals surface area contributed by atoms with Crippen molar-refractivity contribution in [2.75, 3.05) is 62.1 Å². The molecule has 0 aliphatic carbocycles. The molecule has 0 saturated heterocycles. The number of cyclic esters (lactones) is 1. The normalized spacial score (nSPS) is 29.1. The van der Waals surface area contributed by atoms with Gasteiger partial charge in [0.1, 0.15) is 24.4 Å². The van der Waals surface area contributed by atoms with Crippen LogP contribution in [-0.2, 0) is 47.6 Å². The molecule has 0 bridgehead atoms. The van der Waals surface area contributed by atoms with E-state index >= 15 is 0 Å². The molecule has 1 aliphatic heterocycles. The summed E-state index contributed by atoms with van der Waals surface area (Å²) in [6.07, 6.45) is 14.5. The Kier molecular flexibility index (Phi) is 31.3. The SMILES string of the molecule is CO[C@@H]1/C=C/C[C@@H](C)C[C@@H](OC)/C=C/C[C@@H]([C@@H](C)[C@@H](O)[C@@H](C)CC[C@@H](OC(=O)CN(C)C)[C@H](C)[C@H](OC(C)=O)[C@H](C)CCO)OC(=O)/C=C/C=C/C[C@@H](OC(=O)CN(C)C)[C@@H](C)[C@H](O)[C@H](C)CC1. The van der Waals surface area contributed by atoms with E-state index in [1.165, 1.54) is 13.0 Å². The molecule has 0 amide bonds. The van der Waals surface area contributed by atoms with Gasteiger partial charge in [-0.3, -0.25) is 24.2 Å². The van der Waals surface area contributed by atoms with Gasteiger partial charge in [0.15, 0.2) is 0 Å². The molecule has 15 nitrogen and oxygen atoms in total. The largest absolute Gasteiger partial charge is 0.462 e. The average molecular weight is 965 g/mol. The molecular formula is C53H92N2O13. The van der Waals surface area contributed by atoms with Crippen molar-refractivity contribution in [3.05, 3.63) is 48.6 Å². The number of esters is 4. The first-order chi connectivity index (χ1) is 32.0. The van der Waals surface area contributed by atoms with Crippen molar-refractivity contribution in [2.24, 2.45) is 41.4 Å². The van der Waals surface area contributed by atoms with Crippen molar-refractivity contribution in [3.8, 4) is 0 Å². The number of likely N-dealkylation sites (N-methyl/N-ethyl adjacent to an activating group) is 2. The lowest BCUT2D eigenvalue weighted by atomic mass is 9.82. The first-order valence-corrected chi connectivity index (χ1v) is 24.8. The predicted molar refractivity (Wildman–Crippen MR) is 265 cm³/mol. The first-order valence-electron chi connectivity index (χ1n) is 24.8. The van der Waals surface area contributed by atoms with Crippen LogP contribution in [0, 0.1) is 41.4 Å². The Labute approximate surface area is 409 Å². The zero-order chi connectivity index (χ0) is 51.5. The van der Waals surface area contributed by atoms with E-state index in [1.807, 2.05) is 53.7 Å². The highest BCUT2D eigenvalue weighted by Gasteiger charge is 2.37. The number of aliphatic hydroxyl groups excluding tert-OH is 3. The fourth-order valence-electron chi connectivity index (χ4n) is 8.76. The number of hydrogen-bond donors (Lipinski definition) is 3. The smallest absolute Gasteiger partial charge is 0.331 e. The topological polar surface area (TPSA) is 191 Å². The van der Waals surface area contributed by atoms with Crippen molar-refractivity contribution in [1.29, 1.82) is 0 Å². The Morgan fingerprint density at radius 3 is 2.01 bits per heavy atom. The van der Waals surface area contributed by atoms with E-state index in [9.17, 15) is 34.5 Å². The fraction of sp³-hybridized carbons (Fsp3) is 0.774. The van der Waals surface area contributed by atoms with Crippen molar-refractivity contribution in [1.82, 2.24) is 9.80 Å². The Bertz CT molecular complexity index is 1570. The molecule has 0 aromatic rings. The molecule has 15 heteroatoms. The molecule has 0 fully saturated rings. The van der Waals surface area contributed by atoms with Gasteiger partial charge in [0.25, 0.3) is 0 Å². The van der Waals surface area contributed by atoms with E-state index in [1.54, 1.807) is 70.4 Å². The quantitative estimate of drug-likeness (QED) is 0.0662. The Balaban J connectivity index is 3.52. The van der Waals surface area contributed by atoms with E-state index < -0.39 is 72.3 Å². The summed E-state index contributed by atoms with van der Waals surface area (Å²) in [5, 5.41) is 33.1. The highest BCUT2D eigenvalue weighted by atomic mass is 16.6. The second-order valence-corrected chi connectivity index (χ2v) is 20.0. The lowest BCUT2D eigenvalue weighted by molar-refractivity contribution is -0.164. The molecule has 68 heavy (non-hydrogen) atoms. The Hall–Kier alpha value is -3.44. The fourth-order valence-corrected chi connectivity index (χ4v) is 8.76. The third-order valence-electron chi connectivity index (χ3n) is 13.2. The zero-order valence-electron chi connectivity index (χ0n) is 44.1. The van der Waals surface area contributed by atoms with Crippen molar-refractivity contribution < 1.29 is 62.9 Å². The van der Waals surface area contributed by atoms with Gasteiger partial charge in [-0.2, -0.15) is 0 Å². The third-order valence-corrected chi connectivity index (χ3v) is 13.2. The van der Waals surface area contributed by atoms with Crippen molar-refractivity contribution in [3.63, 3.8) is 0 Å². The van der Waals surface area contributed by atoms with Crippen molar-refractivity contribution in [2.45, 2.75) is 162 Å². The summed E-state index contributed by atoms with van der Waals surface area (Å²) in [4.78, 5) is 54.9. The lowest BCUT2D eigenvalue weighted by Crippen LogP contribution is -2.42. The summed E-state index contributed by atoms with van der Waals surface area (Å²) < 4.78 is 35.4. The summed E-state index contributed by atoms with van der Waals surface area (Å²) in [5.74, 6) is -3.62. The van der Waals surface area contributed by atoms with Gasteiger partial charge < -0.3 is 43.7 Å². The first kappa shape index (κ1) is 62.6. The number of aliphatic hydroxyl groups is 3. The van der Waals surface area contributed by atoms with Crippen LogP contribution in [0.4, 0.5) is 0 Å². The third kappa shape index (κ3) is 24.9. The van der Waals surface area contributed by atoms with Crippen LogP contribution in [-0.4, -0.2) is 160 Å². The molecule has 3 N–H and O–H groups in total. The molecule has 1 aliphatic rings. The minimum Gasteiger partial charge on any atom is -0.462 e. The standard InChI is InChI=1S/C53H92N2O13/c1-35-20-18-21-43(63-13)28-26-36(2)51(61)39(5)45(67-49(59)33-54(9)10)23-16-15-17-25-48(58)66-46(24-19-22-44(32-35)64-14)40(6)52(62)37(3)27-29-47(68-50(60)34-55(11)12)41(7)53(65-42(8)57)38(4)30-31-56/h15-19,21-22,25,35-41,43-47,51-53,56,61-62H,20,23-24,26-34H2,1-14H3/b16-15+,21-18+,22-19+,25-17+/t35-,36-,37+,38-,39-,40-,41+,43-,44+,45-,46+,47-,51-,52+,53-/m1/s1. The Morgan fingerprint density at radius 2 is 1.41 bits per heavy atom. The molecule has 392 valence electrons. The van der Waals surface area contributed by atoms with Gasteiger partial charge in [-0.1, -0.05) is 91.0 Å². The van der Waals surface area contributed by atoms with Crippen LogP contribution >= 0.6 is 0 Å². The van der Waals surface area contributed by atoms with Gasteiger partial charge in [0.05, 0.1) is 37.5 Å². The van der Waals surface area contributed by atoms with Crippen LogP contribution < -0.4 is 0 Å². The van der Waals surface area contributed by atoms with E-state index in [4.69, 9.17) is 28.4 Å². The zero-order valence-corrected chi connectivity index (χ0v) is 44.1. The van der Waals surface area contributed by atoms with Crippen LogP contribution in [0.15, 0.2) is 48.6 Å². The maximum Gasteiger partial charge on any atom is 0.331 e. The number of nitrogens with zero attached hydrogens (tertiary/aromatic N) is 2.